The summed E-state index contributed by atoms with van der Waals surface area (Å²) in [5.74, 6) is 0. The van der Waals surface area contributed by atoms with Crippen molar-refractivity contribution >= 4 is 0 Å². The summed E-state index contributed by atoms with van der Waals surface area (Å²) in [5.41, 5.74) is 1.31. The van der Waals surface area contributed by atoms with Gasteiger partial charge in [-0.2, -0.15) is 0 Å². The van der Waals surface area contributed by atoms with Crippen molar-refractivity contribution in [3.05, 3.63) is 30.4 Å². The number of nitrogens with one attached hydrogen (secondary N) is 1. The predicted molar refractivity (Wildman–Crippen MR) is 61.2 cm³/mol. The average molecular weight is 193 g/mol. The van der Waals surface area contributed by atoms with Gasteiger partial charge < -0.3 is 9.88 Å². The van der Waals surface area contributed by atoms with Gasteiger partial charge in [0, 0.05) is 11.9 Å². The highest BCUT2D eigenvalue weighted by Crippen LogP contribution is 2.01. The fourth-order valence-corrected chi connectivity index (χ4v) is 1.57. The van der Waals surface area contributed by atoms with Gasteiger partial charge in [0.1, 0.15) is 0 Å². The van der Waals surface area contributed by atoms with Gasteiger partial charge in [-0.25, -0.2) is 0 Å². The van der Waals surface area contributed by atoms with E-state index < -0.39 is 0 Å². The summed E-state index contributed by atoms with van der Waals surface area (Å²) in [5, 5.41) is 0. The van der Waals surface area contributed by atoms with Crippen LogP contribution in [-0.4, -0.2) is 29.5 Å². The first-order valence-corrected chi connectivity index (χ1v) is 5.53. The van der Waals surface area contributed by atoms with Gasteiger partial charge in [0.05, 0.1) is 0 Å². The van der Waals surface area contributed by atoms with E-state index in [0.717, 1.165) is 19.5 Å². The average Bonchev–Trinajstić information content (AvgIpc) is 2.71. The van der Waals surface area contributed by atoms with Crippen LogP contribution in [0.3, 0.4) is 0 Å². The van der Waals surface area contributed by atoms with Crippen molar-refractivity contribution in [1.29, 1.82) is 0 Å². The molecular weight excluding hydrogens is 172 g/mol. The Bertz CT molecular complexity index is 212. The molecule has 1 heterocycles. The van der Waals surface area contributed by atoms with Crippen LogP contribution in [-0.2, 0) is 6.42 Å². The van der Waals surface area contributed by atoms with Crippen LogP contribution in [0.25, 0.3) is 0 Å². The third kappa shape index (κ3) is 3.97. The first-order chi connectivity index (χ1) is 6.86. The second-order valence-electron chi connectivity index (χ2n) is 3.50. The van der Waals surface area contributed by atoms with Crippen molar-refractivity contribution in [3.63, 3.8) is 0 Å². The molecule has 2 nitrogen and oxygen atoms in total. The largest absolute Gasteiger partial charge is 0.365 e. The van der Waals surface area contributed by atoms with Crippen LogP contribution in [0.15, 0.2) is 18.3 Å². The van der Waals surface area contributed by atoms with E-state index in [-0.39, 0.29) is 0 Å². The van der Waals surface area contributed by atoms with E-state index >= 15 is 0 Å². The Kier molecular flexibility index (Phi) is 5.38. The van der Waals surface area contributed by atoms with E-state index in [1.54, 1.807) is 0 Å². The molecule has 1 radical (unpaired) electrons. The lowest BCUT2D eigenvalue weighted by Gasteiger charge is -2.17. The number of aromatic nitrogens is 1. The Morgan fingerprint density at radius 2 is 2.14 bits per heavy atom. The molecule has 0 amide bonds. The van der Waals surface area contributed by atoms with Crippen molar-refractivity contribution in [2.24, 2.45) is 0 Å². The van der Waals surface area contributed by atoms with Crippen LogP contribution in [0.5, 0.6) is 0 Å². The molecule has 0 unspecified atom stereocenters. The number of aromatic amines is 1. The first kappa shape index (κ1) is 11.3. The molecule has 0 saturated carbocycles. The lowest BCUT2D eigenvalue weighted by Crippen LogP contribution is -2.24. The van der Waals surface area contributed by atoms with Gasteiger partial charge in [-0.1, -0.05) is 13.8 Å². The van der Waals surface area contributed by atoms with Crippen LogP contribution >= 0.6 is 0 Å². The van der Waals surface area contributed by atoms with Crippen LogP contribution < -0.4 is 0 Å². The van der Waals surface area contributed by atoms with Crippen molar-refractivity contribution in [2.75, 3.05) is 19.6 Å². The smallest absolute Gasteiger partial charge is 0.0150 e. The fraction of sp³-hybridized carbons (Fsp3) is 0.583. The third-order valence-electron chi connectivity index (χ3n) is 2.57. The summed E-state index contributed by atoms with van der Waals surface area (Å²) in [4.78, 5) is 5.66. The molecule has 14 heavy (non-hydrogen) atoms. The lowest BCUT2D eigenvalue weighted by atomic mass is 10.2. The SMILES string of the molecule is CCN(CC)CC[CH]Cc1ccc[nH]1. The van der Waals surface area contributed by atoms with Gasteiger partial charge in [0.2, 0.25) is 0 Å². The Morgan fingerprint density at radius 1 is 1.36 bits per heavy atom. The molecule has 1 rings (SSSR count). The van der Waals surface area contributed by atoms with E-state index in [2.05, 4.69) is 36.2 Å². The molecule has 0 spiro atoms. The van der Waals surface area contributed by atoms with E-state index in [0.29, 0.717) is 0 Å². The third-order valence-corrected chi connectivity index (χ3v) is 2.57. The van der Waals surface area contributed by atoms with Crippen LogP contribution in [0.2, 0.25) is 0 Å². The Balaban J connectivity index is 2.04. The minimum atomic E-state index is 1.06. The van der Waals surface area contributed by atoms with E-state index in [9.17, 15) is 0 Å². The zero-order valence-electron chi connectivity index (χ0n) is 9.29. The van der Waals surface area contributed by atoms with Crippen LogP contribution in [0.1, 0.15) is 26.0 Å². The second kappa shape index (κ2) is 6.66. The summed E-state index contributed by atoms with van der Waals surface area (Å²) in [6.45, 7) is 7.94. The normalized spacial score (nSPS) is 11.1. The topological polar surface area (TPSA) is 19.0 Å². The van der Waals surface area contributed by atoms with Crippen molar-refractivity contribution in [3.8, 4) is 0 Å². The van der Waals surface area contributed by atoms with E-state index in [4.69, 9.17) is 0 Å². The maximum Gasteiger partial charge on any atom is 0.0150 e. The lowest BCUT2D eigenvalue weighted by molar-refractivity contribution is 0.306. The molecule has 0 bridgehead atoms. The Labute approximate surface area is 87.3 Å². The molecule has 1 aromatic heterocycles. The van der Waals surface area contributed by atoms with Gasteiger partial charge in [-0.05, 0) is 51.0 Å². The highest BCUT2D eigenvalue weighted by atomic mass is 15.1. The monoisotopic (exact) mass is 193 g/mol. The molecule has 0 aliphatic heterocycles. The van der Waals surface area contributed by atoms with E-state index in [1.807, 2.05) is 12.3 Å². The number of H-pyrrole nitrogens is 1. The molecule has 0 fully saturated rings. The Hall–Kier alpha value is -0.760. The molecular formula is C12H21N2. The summed E-state index contributed by atoms with van der Waals surface area (Å²) in [6.07, 6.45) is 6.58. The summed E-state index contributed by atoms with van der Waals surface area (Å²) >= 11 is 0. The molecule has 1 aromatic rings. The summed E-state index contributed by atoms with van der Waals surface area (Å²) < 4.78 is 0. The number of hydrogen-bond acceptors (Lipinski definition) is 1. The highest BCUT2D eigenvalue weighted by molar-refractivity contribution is 5.05. The maximum absolute atomic E-state index is 3.21. The van der Waals surface area contributed by atoms with E-state index in [1.165, 1.54) is 18.7 Å². The number of unbranched alkanes of at least 4 members (excludes halogenated alkanes) is 1. The highest BCUT2D eigenvalue weighted by Gasteiger charge is 1.98. The molecule has 2 heteroatoms. The molecule has 0 saturated heterocycles. The van der Waals surface area contributed by atoms with Gasteiger partial charge in [0.25, 0.3) is 0 Å². The molecule has 79 valence electrons. The van der Waals surface area contributed by atoms with Crippen molar-refractivity contribution in [2.45, 2.75) is 26.7 Å². The van der Waals surface area contributed by atoms with Gasteiger partial charge in [0.15, 0.2) is 0 Å². The first-order valence-electron chi connectivity index (χ1n) is 5.53. The quantitative estimate of drug-likeness (QED) is 0.659. The Morgan fingerprint density at radius 3 is 2.71 bits per heavy atom. The number of rotatable bonds is 7. The van der Waals surface area contributed by atoms with Gasteiger partial charge in [-0.3, -0.25) is 0 Å². The zero-order valence-corrected chi connectivity index (χ0v) is 9.29. The summed E-state index contributed by atoms with van der Waals surface area (Å²) in [7, 11) is 0. The number of hydrogen-bond donors (Lipinski definition) is 1. The standard InChI is InChI=1S/C12H21N2/c1-3-14(4-2)11-6-5-8-12-9-7-10-13-12/h5,7,9-10,13H,3-4,6,8,11H2,1-2H3. The molecule has 0 aliphatic carbocycles. The van der Waals surface area contributed by atoms with Crippen molar-refractivity contribution in [1.82, 2.24) is 9.88 Å². The minimum Gasteiger partial charge on any atom is -0.365 e. The zero-order chi connectivity index (χ0) is 10.2. The van der Waals surface area contributed by atoms with Gasteiger partial charge >= 0.3 is 0 Å². The number of nitrogens with zero attached hydrogens (tertiary/aromatic N) is 1. The fourth-order valence-electron chi connectivity index (χ4n) is 1.57. The van der Waals surface area contributed by atoms with Gasteiger partial charge in [-0.15, -0.1) is 0 Å². The van der Waals surface area contributed by atoms with Crippen molar-refractivity contribution < 1.29 is 0 Å². The molecule has 0 atom stereocenters. The van der Waals surface area contributed by atoms with Crippen LogP contribution in [0.4, 0.5) is 0 Å². The second-order valence-corrected chi connectivity index (χ2v) is 3.50. The molecule has 1 N–H and O–H groups in total. The molecule has 0 aromatic carbocycles. The minimum absolute atomic E-state index is 1.06. The molecule has 0 aliphatic rings. The maximum atomic E-state index is 3.21. The van der Waals surface area contributed by atoms with Crippen LogP contribution in [0, 0.1) is 6.42 Å². The summed E-state index contributed by atoms with van der Waals surface area (Å²) in [6, 6.07) is 4.18. The predicted octanol–water partition coefficient (Wildman–Crippen LogP) is 2.49.